The highest BCUT2D eigenvalue weighted by molar-refractivity contribution is 14.0. The second-order valence-electron chi connectivity index (χ2n) is 4.74. The molecule has 0 bridgehead atoms. The van der Waals surface area contributed by atoms with Crippen LogP contribution in [-0.4, -0.2) is 11.1 Å². The SMILES string of the molecule is I.NC(=NCc1cc(-c2ccccc2)on1)Nc1ccccc1. The van der Waals surface area contributed by atoms with E-state index in [1.807, 2.05) is 66.7 Å². The Balaban J connectivity index is 0.00000192. The van der Waals surface area contributed by atoms with Crippen LogP contribution < -0.4 is 11.1 Å². The smallest absolute Gasteiger partial charge is 0.193 e. The fourth-order valence-corrected chi connectivity index (χ4v) is 2.00. The molecule has 0 radical (unpaired) electrons. The van der Waals surface area contributed by atoms with E-state index in [0.717, 1.165) is 22.7 Å². The number of halogens is 1. The van der Waals surface area contributed by atoms with Crippen molar-refractivity contribution in [2.24, 2.45) is 10.7 Å². The van der Waals surface area contributed by atoms with Crippen LogP contribution in [0.3, 0.4) is 0 Å². The van der Waals surface area contributed by atoms with Crippen molar-refractivity contribution in [3.05, 3.63) is 72.4 Å². The Morgan fingerprint density at radius 1 is 1.04 bits per heavy atom. The molecule has 0 fully saturated rings. The highest BCUT2D eigenvalue weighted by Gasteiger charge is 2.05. The molecule has 2 aromatic carbocycles. The van der Waals surface area contributed by atoms with Gasteiger partial charge in [-0.15, -0.1) is 24.0 Å². The molecule has 0 aliphatic rings. The van der Waals surface area contributed by atoms with Gasteiger partial charge in [-0.1, -0.05) is 53.7 Å². The maximum Gasteiger partial charge on any atom is 0.193 e. The van der Waals surface area contributed by atoms with E-state index in [4.69, 9.17) is 10.3 Å². The first-order valence-electron chi connectivity index (χ1n) is 6.94. The second kappa shape index (κ2) is 8.33. The van der Waals surface area contributed by atoms with Gasteiger partial charge >= 0.3 is 0 Å². The number of nitrogens with zero attached hydrogens (tertiary/aromatic N) is 2. The van der Waals surface area contributed by atoms with Gasteiger partial charge in [0.1, 0.15) is 5.69 Å². The summed E-state index contributed by atoms with van der Waals surface area (Å²) in [5.41, 5.74) is 8.47. The standard InChI is InChI=1S/C17H16N4O.HI/c18-17(20-14-9-5-2-6-10-14)19-12-15-11-16(22-21-15)13-7-3-1-4-8-13;/h1-11H,12H2,(H3,18,19,20);1H. The van der Waals surface area contributed by atoms with E-state index in [0.29, 0.717) is 12.5 Å². The summed E-state index contributed by atoms with van der Waals surface area (Å²) in [6.45, 7) is 0.363. The lowest BCUT2D eigenvalue weighted by molar-refractivity contribution is 0.424. The van der Waals surface area contributed by atoms with Crippen molar-refractivity contribution in [1.82, 2.24) is 5.16 Å². The molecule has 23 heavy (non-hydrogen) atoms. The van der Waals surface area contributed by atoms with Gasteiger partial charge in [-0.3, -0.25) is 0 Å². The monoisotopic (exact) mass is 420 g/mol. The molecule has 3 aromatic rings. The molecule has 1 aromatic heterocycles. The highest BCUT2D eigenvalue weighted by Crippen LogP contribution is 2.19. The van der Waals surface area contributed by atoms with Crippen LogP contribution in [0, 0.1) is 0 Å². The molecule has 0 atom stereocenters. The van der Waals surface area contributed by atoms with E-state index in [1.54, 1.807) is 0 Å². The molecular weight excluding hydrogens is 403 g/mol. The molecule has 5 nitrogen and oxygen atoms in total. The van der Waals surface area contributed by atoms with Crippen LogP contribution in [0.1, 0.15) is 5.69 Å². The Morgan fingerprint density at radius 2 is 1.70 bits per heavy atom. The average molecular weight is 420 g/mol. The Morgan fingerprint density at radius 3 is 2.39 bits per heavy atom. The van der Waals surface area contributed by atoms with Crippen molar-refractivity contribution in [1.29, 1.82) is 0 Å². The molecule has 1 heterocycles. The molecular formula is C17H17IN4O. The summed E-state index contributed by atoms with van der Waals surface area (Å²) < 4.78 is 5.32. The van der Waals surface area contributed by atoms with E-state index in [2.05, 4.69) is 15.5 Å². The Bertz CT molecular complexity index is 757. The lowest BCUT2D eigenvalue weighted by Crippen LogP contribution is -2.22. The molecule has 0 saturated carbocycles. The first kappa shape index (κ1) is 17.0. The maximum absolute atomic E-state index is 5.85. The number of guanidine groups is 1. The Kier molecular flexibility index (Phi) is 6.16. The van der Waals surface area contributed by atoms with Gasteiger partial charge in [0.05, 0.1) is 6.54 Å². The Labute approximate surface area is 151 Å². The number of hydrogen-bond acceptors (Lipinski definition) is 3. The summed E-state index contributed by atoms with van der Waals surface area (Å²) in [5.74, 6) is 1.07. The van der Waals surface area contributed by atoms with E-state index >= 15 is 0 Å². The van der Waals surface area contributed by atoms with E-state index in [1.165, 1.54) is 0 Å². The molecule has 3 rings (SSSR count). The van der Waals surface area contributed by atoms with E-state index in [-0.39, 0.29) is 24.0 Å². The third-order valence-corrected chi connectivity index (χ3v) is 3.07. The van der Waals surface area contributed by atoms with Crippen LogP contribution >= 0.6 is 24.0 Å². The lowest BCUT2D eigenvalue weighted by atomic mass is 10.2. The molecule has 0 spiro atoms. The van der Waals surface area contributed by atoms with Gasteiger partial charge in [0.2, 0.25) is 0 Å². The quantitative estimate of drug-likeness (QED) is 0.382. The second-order valence-corrected chi connectivity index (χ2v) is 4.74. The summed E-state index contributed by atoms with van der Waals surface area (Å²) in [6, 6.07) is 21.3. The number of nitrogens with two attached hydrogens (primary N) is 1. The van der Waals surface area contributed by atoms with Crippen molar-refractivity contribution < 1.29 is 4.52 Å². The highest BCUT2D eigenvalue weighted by atomic mass is 127. The zero-order chi connectivity index (χ0) is 15.2. The van der Waals surface area contributed by atoms with Gasteiger partial charge in [-0.05, 0) is 12.1 Å². The summed E-state index contributed by atoms with van der Waals surface area (Å²) in [6.07, 6.45) is 0. The predicted molar refractivity (Wildman–Crippen MR) is 103 cm³/mol. The number of hydrogen-bond donors (Lipinski definition) is 2. The summed E-state index contributed by atoms with van der Waals surface area (Å²) in [5, 5.41) is 7.03. The third kappa shape index (κ3) is 4.82. The van der Waals surface area contributed by atoms with Crippen molar-refractivity contribution >= 4 is 35.6 Å². The largest absolute Gasteiger partial charge is 0.370 e. The van der Waals surface area contributed by atoms with Crippen LogP contribution in [0.2, 0.25) is 0 Å². The topological polar surface area (TPSA) is 76.4 Å². The minimum absolute atomic E-state index is 0. The Hall–Kier alpha value is -2.35. The van der Waals surface area contributed by atoms with Crippen LogP contribution in [0.25, 0.3) is 11.3 Å². The summed E-state index contributed by atoms with van der Waals surface area (Å²) in [4.78, 5) is 4.26. The molecule has 0 amide bonds. The van der Waals surface area contributed by atoms with Crippen LogP contribution in [0.5, 0.6) is 0 Å². The van der Waals surface area contributed by atoms with Crippen LogP contribution in [0.15, 0.2) is 76.2 Å². The van der Waals surface area contributed by atoms with Crippen LogP contribution in [0.4, 0.5) is 5.69 Å². The number of anilines is 1. The number of aliphatic imine (C=N–C) groups is 1. The molecule has 0 aliphatic heterocycles. The zero-order valence-electron chi connectivity index (χ0n) is 12.3. The normalized spacial score (nSPS) is 10.9. The number of para-hydroxylation sites is 1. The first-order valence-corrected chi connectivity index (χ1v) is 6.94. The molecule has 118 valence electrons. The molecule has 6 heteroatoms. The molecule has 0 unspecified atom stereocenters. The van der Waals surface area contributed by atoms with Gasteiger partial charge in [0.25, 0.3) is 0 Å². The van der Waals surface area contributed by atoms with E-state index < -0.39 is 0 Å². The van der Waals surface area contributed by atoms with Gasteiger partial charge in [0, 0.05) is 17.3 Å². The lowest BCUT2D eigenvalue weighted by Gasteiger charge is -2.03. The molecule has 0 aliphatic carbocycles. The van der Waals surface area contributed by atoms with E-state index in [9.17, 15) is 0 Å². The predicted octanol–water partition coefficient (Wildman–Crippen LogP) is 3.89. The molecule has 3 N–H and O–H groups in total. The zero-order valence-corrected chi connectivity index (χ0v) is 14.7. The van der Waals surface area contributed by atoms with Crippen LogP contribution in [-0.2, 0) is 6.54 Å². The minimum Gasteiger partial charge on any atom is -0.370 e. The van der Waals surface area contributed by atoms with Crippen molar-refractivity contribution in [3.8, 4) is 11.3 Å². The number of aromatic nitrogens is 1. The van der Waals surface area contributed by atoms with Crippen molar-refractivity contribution in [2.75, 3.05) is 5.32 Å². The van der Waals surface area contributed by atoms with Gasteiger partial charge in [0.15, 0.2) is 11.7 Å². The minimum atomic E-state index is 0. The fraction of sp³-hybridized carbons (Fsp3) is 0.0588. The summed E-state index contributed by atoms with van der Waals surface area (Å²) in [7, 11) is 0. The van der Waals surface area contributed by atoms with Gasteiger partial charge < -0.3 is 15.6 Å². The van der Waals surface area contributed by atoms with Gasteiger partial charge in [-0.2, -0.15) is 0 Å². The van der Waals surface area contributed by atoms with Gasteiger partial charge in [-0.25, -0.2) is 4.99 Å². The fourth-order valence-electron chi connectivity index (χ4n) is 2.00. The number of nitrogens with one attached hydrogen (secondary N) is 1. The average Bonchev–Trinajstić information content (AvgIpc) is 3.04. The number of rotatable bonds is 4. The maximum atomic E-state index is 5.85. The number of benzene rings is 2. The first-order chi connectivity index (χ1) is 10.8. The summed E-state index contributed by atoms with van der Waals surface area (Å²) >= 11 is 0. The third-order valence-electron chi connectivity index (χ3n) is 3.07. The van der Waals surface area contributed by atoms with Crippen molar-refractivity contribution in [2.45, 2.75) is 6.54 Å². The van der Waals surface area contributed by atoms with Crippen molar-refractivity contribution in [3.63, 3.8) is 0 Å². The molecule has 0 saturated heterocycles.